The third kappa shape index (κ3) is 2.48. The monoisotopic (exact) mass is 376 g/mol. The van der Waals surface area contributed by atoms with E-state index in [-0.39, 0.29) is 24.4 Å². The number of hydrazone groups is 1. The van der Waals surface area contributed by atoms with E-state index in [1.165, 1.54) is 11.9 Å². The van der Waals surface area contributed by atoms with Crippen LogP contribution in [0.2, 0.25) is 5.02 Å². The second kappa shape index (κ2) is 6.22. The molecule has 0 spiro atoms. The van der Waals surface area contributed by atoms with Crippen LogP contribution in [0, 0.1) is 0 Å². The first-order chi connectivity index (χ1) is 12.4. The second-order valence-corrected chi connectivity index (χ2v) is 7.14. The van der Waals surface area contributed by atoms with Gasteiger partial charge in [0.2, 0.25) is 0 Å². The molecule has 9 heteroatoms. The molecule has 1 aromatic carbocycles. The number of urea groups is 1. The lowest BCUT2D eigenvalue weighted by Crippen LogP contribution is -2.65. The number of halogens is 1. The van der Waals surface area contributed by atoms with Crippen LogP contribution in [0.3, 0.4) is 0 Å². The summed E-state index contributed by atoms with van der Waals surface area (Å²) in [5.41, 5.74) is 1.84. The minimum atomic E-state index is -0.445. The Labute approximate surface area is 157 Å². The lowest BCUT2D eigenvalue weighted by molar-refractivity contribution is -0.137. The number of imide groups is 1. The lowest BCUT2D eigenvalue weighted by Gasteiger charge is -2.41. The quantitative estimate of drug-likeness (QED) is 0.826. The number of nitrogens with zero attached hydrogens (tertiary/aromatic N) is 5. The van der Waals surface area contributed by atoms with Crippen LogP contribution >= 0.6 is 11.6 Å². The molecule has 2 saturated heterocycles. The van der Waals surface area contributed by atoms with Crippen LogP contribution < -0.4 is 5.32 Å². The first kappa shape index (κ1) is 17.3. The van der Waals surface area contributed by atoms with E-state index < -0.39 is 6.04 Å². The second-order valence-electron chi connectivity index (χ2n) is 6.70. The van der Waals surface area contributed by atoms with Gasteiger partial charge in [-0.3, -0.25) is 20.0 Å². The Balaban J connectivity index is 1.70. The summed E-state index contributed by atoms with van der Waals surface area (Å²) in [5, 5.41) is 10.7. The zero-order valence-corrected chi connectivity index (χ0v) is 15.6. The zero-order chi connectivity index (χ0) is 18.6. The summed E-state index contributed by atoms with van der Waals surface area (Å²) in [5.74, 6) is -0.193. The van der Waals surface area contributed by atoms with E-state index >= 15 is 0 Å². The van der Waals surface area contributed by atoms with Crippen molar-refractivity contribution in [2.45, 2.75) is 25.4 Å². The maximum absolute atomic E-state index is 12.8. The molecule has 3 heterocycles. The number of amides is 3. The molecule has 1 N–H and O–H groups in total. The SMILES string of the molecule is CCN1N=C(c2ccc(Cl)cc2)CN2C3C(=O)N(C)C(=O)N(C)C3NC12. The molecule has 3 amide bonds. The maximum Gasteiger partial charge on any atom is 0.327 e. The van der Waals surface area contributed by atoms with Crippen LogP contribution in [0.5, 0.6) is 0 Å². The standard InChI is InChI=1S/C17H21ClN6O2/c1-4-24-16-19-14-13(15(25)22(3)17(26)21(14)2)23(16)9-12(20-24)10-5-7-11(18)8-6-10/h5-8,13-14,16,19H,4,9H2,1-3H3. The van der Waals surface area contributed by atoms with Gasteiger partial charge in [0, 0.05) is 32.2 Å². The van der Waals surface area contributed by atoms with Crippen molar-refractivity contribution in [2.75, 3.05) is 27.2 Å². The van der Waals surface area contributed by atoms with Crippen LogP contribution in [0.4, 0.5) is 4.79 Å². The molecule has 8 nitrogen and oxygen atoms in total. The van der Waals surface area contributed by atoms with E-state index in [9.17, 15) is 9.59 Å². The van der Waals surface area contributed by atoms with Crippen LogP contribution in [0.25, 0.3) is 0 Å². The first-order valence-corrected chi connectivity index (χ1v) is 8.96. The average Bonchev–Trinajstić information content (AvgIpc) is 3.04. The molecule has 0 saturated carbocycles. The Kier molecular flexibility index (Phi) is 4.13. The highest BCUT2D eigenvalue weighted by Crippen LogP contribution is 2.30. The van der Waals surface area contributed by atoms with E-state index in [0.717, 1.165) is 11.3 Å². The van der Waals surface area contributed by atoms with Gasteiger partial charge in [-0.05, 0) is 24.6 Å². The van der Waals surface area contributed by atoms with Crippen molar-refractivity contribution >= 4 is 29.3 Å². The van der Waals surface area contributed by atoms with Crippen molar-refractivity contribution in [3.8, 4) is 0 Å². The molecule has 0 radical (unpaired) electrons. The van der Waals surface area contributed by atoms with Gasteiger partial charge in [-0.1, -0.05) is 23.7 Å². The summed E-state index contributed by atoms with van der Waals surface area (Å²) in [7, 11) is 3.24. The minimum Gasteiger partial charge on any atom is -0.310 e. The van der Waals surface area contributed by atoms with E-state index in [1.54, 1.807) is 11.9 Å². The predicted octanol–water partition coefficient (Wildman–Crippen LogP) is 0.787. The molecular weight excluding hydrogens is 356 g/mol. The number of hydrogen-bond donors (Lipinski definition) is 1. The Bertz CT molecular complexity index is 782. The summed E-state index contributed by atoms with van der Waals surface area (Å²) in [6, 6.07) is 6.78. The Morgan fingerprint density at radius 3 is 2.58 bits per heavy atom. The van der Waals surface area contributed by atoms with Crippen molar-refractivity contribution in [2.24, 2.45) is 5.10 Å². The van der Waals surface area contributed by atoms with Crippen molar-refractivity contribution in [1.82, 2.24) is 25.0 Å². The van der Waals surface area contributed by atoms with Crippen LogP contribution in [-0.2, 0) is 4.79 Å². The van der Waals surface area contributed by atoms with Gasteiger partial charge in [0.05, 0.1) is 5.71 Å². The number of carbonyl (C=O) groups is 2. The normalized spacial score (nSPS) is 29.0. The van der Waals surface area contributed by atoms with Crippen LogP contribution in [-0.4, -0.2) is 83.0 Å². The predicted molar refractivity (Wildman–Crippen MR) is 97.5 cm³/mol. The highest BCUT2D eigenvalue weighted by Gasteiger charge is 2.55. The van der Waals surface area contributed by atoms with E-state index in [0.29, 0.717) is 18.1 Å². The molecule has 2 fully saturated rings. The molecule has 4 rings (SSSR count). The fourth-order valence-electron chi connectivity index (χ4n) is 3.81. The zero-order valence-electron chi connectivity index (χ0n) is 14.9. The smallest absolute Gasteiger partial charge is 0.310 e. The van der Waals surface area contributed by atoms with Gasteiger partial charge >= 0.3 is 6.03 Å². The largest absolute Gasteiger partial charge is 0.327 e. The molecule has 3 aliphatic heterocycles. The summed E-state index contributed by atoms with van der Waals surface area (Å²) < 4.78 is 0. The third-order valence-corrected chi connectivity index (χ3v) is 5.50. The highest BCUT2D eigenvalue weighted by molar-refractivity contribution is 6.30. The maximum atomic E-state index is 12.8. The molecule has 1 aromatic rings. The van der Waals surface area contributed by atoms with Gasteiger partial charge in [0.1, 0.15) is 12.2 Å². The van der Waals surface area contributed by atoms with Gasteiger partial charge in [-0.25, -0.2) is 9.69 Å². The minimum absolute atomic E-state index is 0.193. The molecule has 3 unspecified atom stereocenters. The van der Waals surface area contributed by atoms with Gasteiger partial charge in [-0.2, -0.15) is 5.10 Å². The van der Waals surface area contributed by atoms with Crippen LogP contribution in [0.1, 0.15) is 12.5 Å². The average molecular weight is 377 g/mol. The number of fused-ring (bicyclic) bond motifs is 3. The summed E-state index contributed by atoms with van der Waals surface area (Å²) in [4.78, 5) is 29.9. The number of hydrogen-bond acceptors (Lipinski definition) is 6. The van der Waals surface area contributed by atoms with Gasteiger partial charge in [-0.15, -0.1) is 0 Å². The fraction of sp³-hybridized carbons (Fsp3) is 0.471. The van der Waals surface area contributed by atoms with Crippen molar-refractivity contribution in [1.29, 1.82) is 0 Å². The van der Waals surface area contributed by atoms with Gasteiger partial charge in [0.25, 0.3) is 5.91 Å². The van der Waals surface area contributed by atoms with Crippen molar-refractivity contribution in [3.63, 3.8) is 0 Å². The van der Waals surface area contributed by atoms with Crippen molar-refractivity contribution < 1.29 is 9.59 Å². The molecule has 138 valence electrons. The van der Waals surface area contributed by atoms with Gasteiger partial charge in [0.15, 0.2) is 6.29 Å². The number of benzene rings is 1. The third-order valence-electron chi connectivity index (χ3n) is 5.25. The Hall–Kier alpha value is -2.16. The molecular formula is C17H21ClN6O2. The first-order valence-electron chi connectivity index (χ1n) is 8.58. The topological polar surface area (TPSA) is 71.5 Å². The number of carbonyl (C=O) groups excluding carboxylic acids is 2. The molecule has 0 bridgehead atoms. The Morgan fingerprint density at radius 1 is 1.23 bits per heavy atom. The van der Waals surface area contributed by atoms with Crippen LogP contribution in [0.15, 0.2) is 29.4 Å². The number of likely N-dealkylation sites (N-methyl/N-ethyl adjacent to an activating group) is 2. The molecule has 0 aliphatic carbocycles. The van der Waals surface area contributed by atoms with E-state index in [4.69, 9.17) is 16.7 Å². The summed E-state index contributed by atoms with van der Waals surface area (Å²) >= 11 is 5.99. The van der Waals surface area contributed by atoms with E-state index in [1.807, 2.05) is 36.2 Å². The number of nitrogens with one attached hydrogen (secondary N) is 1. The summed E-state index contributed by atoms with van der Waals surface area (Å²) in [6.45, 7) is 3.20. The summed E-state index contributed by atoms with van der Waals surface area (Å²) in [6.07, 6.45) is -0.596. The van der Waals surface area contributed by atoms with E-state index in [2.05, 4.69) is 10.2 Å². The lowest BCUT2D eigenvalue weighted by atomic mass is 10.1. The number of rotatable bonds is 2. The molecule has 3 aliphatic rings. The van der Waals surface area contributed by atoms with Crippen molar-refractivity contribution in [3.05, 3.63) is 34.9 Å². The Morgan fingerprint density at radius 2 is 1.92 bits per heavy atom. The fourth-order valence-corrected chi connectivity index (χ4v) is 3.94. The molecule has 0 aromatic heterocycles. The van der Waals surface area contributed by atoms with Gasteiger partial charge < -0.3 is 4.90 Å². The highest BCUT2D eigenvalue weighted by atomic mass is 35.5. The molecule has 3 atom stereocenters. The molecule has 26 heavy (non-hydrogen) atoms.